The molecule has 1 amide bonds. The van der Waals surface area contributed by atoms with E-state index in [0.29, 0.717) is 44.1 Å². The van der Waals surface area contributed by atoms with E-state index in [4.69, 9.17) is 14.2 Å². The van der Waals surface area contributed by atoms with Gasteiger partial charge in [-0.3, -0.25) is 4.79 Å². The molecule has 2 N–H and O–H groups in total. The van der Waals surface area contributed by atoms with Crippen molar-refractivity contribution >= 4 is 11.7 Å². The van der Waals surface area contributed by atoms with Gasteiger partial charge in [0.1, 0.15) is 11.6 Å². The van der Waals surface area contributed by atoms with Crippen LogP contribution in [0.5, 0.6) is 17.2 Å². The van der Waals surface area contributed by atoms with E-state index in [1.54, 1.807) is 25.4 Å². The maximum atomic E-state index is 12.8. The number of nitrogens with zero attached hydrogens (tertiary/aromatic N) is 1. The molecule has 3 rings (SSSR count). The summed E-state index contributed by atoms with van der Waals surface area (Å²) in [5, 5.41) is 6.23. The number of benzene rings is 2. The average Bonchev–Trinajstić information content (AvgIpc) is 2.85. The van der Waals surface area contributed by atoms with Gasteiger partial charge in [-0.15, -0.1) is 0 Å². The molecule has 0 aliphatic carbocycles. The summed E-state index contributed by atoms with van der Waals surface area (Å²) in [5.74, 6) is 2.59. The van der Waals surface area contributed by atoms with E-state index in [1.165, 1.54) is 0 Å². The molecule has 33 heavy (non-hydrogen) atoms. The molecule has 0 aliphatic rings. The molecular weight excluding hydrogens is 418 g/mol. The number of hydrogen-bond acceptors (Lipinski definition) is 6. The second kappa shape index (κ2) is 12.3. The van der Waals surface area contributed by atoms with Crippen molar-refractivity contribution in [1.82, 2.24) is 10.3 Å². The molecular formula is C26H31N3O4. The fraction of sp³-hybridized carbons (Fsp3) is 0.308. The third kappa shape index (κ3) is 6.62. The molecule has 7 heteroatoms. The third-order valence-corrected chi connectivity index (χ3v) is 5.00. The Kier molecular flexibility index (Phi) is 8.94. The molecule has 0 bridgehead atoms. The van der Waals surface area contributed by atoms with Crippen LogP contribution in [-0.4, -0.2) is 37.8 Å². The fourth-order valence-electron chi connectivity index (χ4n) is 3.42. The van der Waals surface area contributed by atoms with Crippen LogP contribution >= 0.6 is 0 Å². The summed E-state index contributed by atoms with van der Waals surface area (Å²) in [5.41, 5.74) is 2.54. The molecule has 7 nitrogen and oxygen atoms in total. The highest BCUT2D eigenvalue weighted by molar-refractivity contribution is 5.98. The number of ether oxygens (including phenoxy) is 3. The molecule has 0 radical (unpaired) electrons. The van der Waals surface area contributed by atoms with Crippen LogP contribution in [0.15, 0.2) is 60.8 Å². The zero-order valence-electron chi connectivity index (χ0n) is 19.4. The average molecular weight is 450 g/mol. The molecule has 174 valence electrons. The fourth-order valence-corrected chi connectivity index (χ4v) is 3.42. The number of amides is 1. The van der Waals surface area contributed by atoms with Crippen LogP contribution in [0.25, 0.3) is 0 Å². The molecule has 0 atom stereocenters. The number of carbonyl (C=O) groups is 1. The smallest absolute Gasteiger partial charge is 0.255 e. The number of rotatable bonds is 12. The maximum Gasteiger partial charge on any atom is 0.255 e. The van der Waals surface area contributed by atoms with Crippen LogP contribution in [0.1, 0.15) is 35.3 Å². The van der Waals surface area contributed by atoms with E-state index in [0.717, 1.165) is 28.4 Å². The van der Waals surface area contributed by atoms with Gasteiger partial charge < -0.3 is 24.8 Å². The lowest BCUT2D eigenvalue weighted by Gasteiger charge is -2.14. The Morgan fingerprint density at radius 1 is 0.939 bits per heavy atom. The predicted molar refractivity (Wildman–Crippen MR) is 129 cm³/mol. The lowest BCUT2D eigenvalue weighted by atomic mass is 10.1. The zero-order valence-corrected chi connectivity index (χ0v) is 19.4. The Morgan fingerprint density at radius 2 is 1.73 bits per heavy atom. The first kappa shape index (κ1) is 23.9. The summed E-state index contributed by atoms with van der Waals surface area (Å²) in [4.78, 5) is 17.2. The number of para-hydroxylation sites is 1. The highest BCUT2D eigenvalue weighted by atomic mass is 16.5. The Bertz CT molecular complexity index is 1060. The standard InChI is InChI=1S/C26H31N3O4/c1-4-32-23-13-12-19(17-24(23)33-5-2)14-16-28-26(30)21-10-8-15-27-25(21)29-18-20-9-6-7-11-22(20)31-3/h6-13,15,17H,4-5,14,16,18H2,1-3H3,(H,27,29)(H,28,30). The molecule has 2 aromatic carbocycles. The van der Waals surface area contributed by atoms with Crippen molar-refractivity contribution in [2.24, 2.45) is 0 Å². The number of carbonyl (C=O) groups excluding carboxylic acids is 1. The van der Waals surface area contributed by atoms with Crippen molar-refractivity contribution in [3.05, 3.63) is 77.5 Å². The Morgan fingerprint density at radius 3 is 2.52 bits per heavy atom. The van der Waals surface area contributed by atoms with Crippen LogP contribution in [0.4, 0.5) is 5.82 Å². The summed E-state index contributed by atoms with van der Waals surface area (Å²) in [7, 11) is 1.64. The van der Waals surface area contributed by atoms with Crippen LogP contribution in [0, 0.1) is 0 Å². The first-order chi connectivity index (χ1) is 16.2. The second-order valence-corrected chi connectivity index (χ2v) is 7.22. The number of methoxy groups -OCH3 is 1. The minimum Gasteiger partial charge on any atom is -0.496 e. The summed E-state index contributed by atoms with van der Waals surface area (Å²) >= 11 is 0. The maximum absolute atomic E-state index is 12.8. The van der Waals surface area contributed by atoms with Gasteiger partial charge in [0.05, 0.1) is 25.9 Å². The van der Waals surface area contributed by atoms with E-state index in [2.05, 4.69) is 15.6 Å². The van der Waals surface area contributed by atoms with Gasteiger partial charge in [0.25, 0.3) is 5.91 Å². The summed E-state index contributed by atoms with van der Waals surface area (Å²) < 4.78 is 16.7. The molecule has 0 unspecified atom stereocenters. The monoisotopic (exact) mass is 449 g/mol. The van der Waals surface area contributed by atoms with E-state index in [-0.39, 0.29) is 5.91 Å². The second-order valence-electron chi connectivity index (χ2n) is 7.22. The van der Waals surface area contributed by atoms with Gasteiger partial charge >= 0.3 is 0 Å². The number of pyridine rings is 1. The third-order valence-electron chi connectivity index (χ3n) is 5.00. The Labute approximate surface area is 195 Å². The Hall–Kier alpha value is -3.74. The highest BCUT2D eigenvalue weighted by Crippen LogP contribution is 2.28. The number of nitrogens with one attached hydrogen (secondary N) is 2. The molecule has 0 spiro atoms. The van der Waals surface area contributed by atoms with E-state index in [9.17, 15) is 4.79 Å². The molecule has 0 saturated heterocycles. The zero-order chi connectivity index (χ0) is 23.5. The van der Waals surface area contributed by atoms with Crippen molar-refractivity contribution in [3.63, 3.8) is 0 Å². The van der Waals surface area contributed by atoms with Crippen LogP contribution in [0.2, 0.25) is 0 Å². The lowest BCUT2D eigenvalue weighted by molar-refractivity contribution is 0.0954. The van der Waals surface area contributed by atoms with Gasteiger partial charge in [0.2, 0.25) is 0 Å². The van der Waals surface area contributed by atoms with Gasteiger partial charge in [0, 0.05) is 24.8 Å². The van der Waals surface area contributed by atoms with Crippen LogP contribution in [-0.2, 0) is 13.0 Å². The van der Waals surface area contributed by atoms with Gasteiger partial charge in [-0.1, -0.05) is 24.3 Å². The molecule has 1 heterocycles. The van der Waals surface area contributed by atoms with Crippen molar-refractivity contribution in [1.29, 1.82) is 0 Å². The van der Waals surface area contributed by atoms with E-state index < -0.39 is 0 Å². The first-order valence-electron chi connectivity index (χ1n) is 11.1. The SMILES string of the molecule is CCOc1ccc(CCNC(=O)c2cccnc2NCc2ccccc2OC)cc1OCC. The van der Waals surface area contributed by atoms with Crippen molar-refractivity contribution in [2.75, 3.05) is 32.2 Å². The predicted octanol–water partition coefficient (Wildman–Crippen LogP) is 4.47. The van der Waals surface area contributed by atoms with Gasteiger partial charge in [-0.25, -0.2) is 4.98 Å². The normalized spacial score (nSPS) is 10.4. The van der Waals surface area contributed by atoms with Gasteiger partial charge in [-0.2, -0.15) is 0 Å². The topological polar surface area (TPSA) is 81.7 Å². The lowest BCUT2D eigenvalue weighted by Crippen LogP contribution is -2.27. The van der Waals surface area contributed by atoms with Gasteiger partial charge in [0.15, 0.2) is 11.5 Å². The molecule has 0 saturated carbocycles. The number of hydrogen-bond donors (Lipinski definition) is 2. The summed E-state index contributed by atoms with van der Waals surface area (Å²) in [6.07, 6.45) is 2.33. The number of anilines is 1. The van der Waals surface area contributed by atoms with Crippen molar-refractivity contribution < 1.29 is 19.0 Å². The van der Waals surface area contributed by atoms with E-state index in [1.807, 2.05) is 56.3 Å². The minimum absolute atomic E-state index is 0.179. The van der Waals surface area contributed by atoms with Gasteiger partial charge in [-0.05, 0) is 56.2 Å². The van der Waals surface area contributed by atoms with Crippen molar-refractivity contribution in [2.45, 2.75) is 26.8 Å². The van der Waals surface area contributed by atoms with Crippen LogP contribution < -0.4 is 24.8 Å². The van der Waals surface area contributed by atoms with Crippen LogP contribution in [0.3, 0.4) is 0 Å². The van der Waals surface area contributed by atoms with E-state index >= 15 is 0 Å². The largest absolute Gasteiger partial charge is 0.496 e. The number of aromatic nitrogens is 1. The molecule has 1 aromatic heterocycles. The molecule has 3 aromatic rings. The Balaban J connectivity index is 1.60. The summed E-state index contributed by atoms with van der Waals surface area (Å²) in [6, 6.07) is 17.1. The quantitative estimate of drug-likeness (QED) is 0.425. The van der Waals surface area contributed by atoms with Crippen molar-refractivity contribution in [3.8, 4) is 17.2 Å². The molecule has 0 fully saturated rings. The first-order valence-corrected chi connectivity index (χ1v) is 11.1. The highest BCUT2D eigenvalue weighted by Gasteiger charge is 2.13. The molecule has 0 aliphatic heterocycles. The summed E-state index contributed by atoms with van der Waals surface area (Å²) in [6.45, 7) is 6.00. The minimum atomic E-state index is -0.179.